The first-order valence-corrected chi connectivity index (χ1v) is 13.8. The summed E-state index contributed by atoms with van der Waals surface area (Å²) in [5, 5.41) is 15.0. The number of nitro benzene ring substituents is 1. The summed E-state index contributed by atoms with van der Waals surface area (Å²) in [6.45, 7) is 8.81. The average Bonchev–Trinajstić information content (AvgIpc) is 3.65. The maximum absolute atomic E-state index is 13.4. The number of benzene rings is 1. The van der Waals surface area contributed by atoms with Gasteiger partial charge in [-0.3, -0.25) is 14.9 Å². The first-order chi connectivity index (χ1) is 18.6. The van der Waals surface area contributed by atoms with E-state index in [1.807, 2.05) is 6.07 Å². The number of thiophene rings is 1. The van der Waals surface area contributed by atoms with Gasteiger partial charge in [0.2, 0.25) is 0 Å². The summed E-state index contributed by atoms with van der Waals surface area (Å²) in [4.78, 5) is 30.3. The van der Waals surface area contributed by atoms with Gasteiger partial charge in [-0.15, -0.1) is 11.3 Å². The number of furan rings is 2. The van der Waals surface area contributed by atoms with Gasteiger partial charge in [0.15, 0.2) is 0 Å². The summed E-state index contributed by atoms with van der Waals surface area (Å²) in [7, 11) is 0. The van der Waals surface area contributed by atoms with E-state index in [-0.39, 0.29) is 17.0 Å². The van der Waals surface area contributed by atoms with Crippen molar-refractivity contribution >= 4 is 34.1 Å². The Morgan fingerprint density at radius 3 is 2.77 bits per heavy atom. The zero-order valence-corrected chi connectivity index (χ0v) is 23.3. The molecule has 9 heteroatoms. The lowest BCUT2D eigenvalue weighted by Crippen LogP contribution is -2.28. The van der Waals surface area contributed by atoms with Crippen LogP contribution in [0, 0.1) is 28.4 Å². The minimum Gasteiger partial charge on any atom is -0.467 e. The van der Waals surface area contributed by atoms with Gasteiger partial charge in [0.1, 0.15) is 22.3 Å². The molecule has 39 heavy (non-hydrogen) atoms. The third-order valence-electron chi connectivity index (χ3n) is 7.40. The lowest BCUT2D eigenvalue weighted by molar-refractivity contribution is -0.385. The highest BCUT2D eigenvalue weighted by Gasteiger charge is 2.33. The second-order valence-electron chi connectivity index (χ2n) is 10.9. The number of nitrogens with zero attached hydrogens (tertiary/aromatic N) is 2. The molecule has 1 aliphatic carbocycles. The van der Waals surface area contributed by atoms with Crippen molar-refractivity contribution in [3.05, 3.63) is 91.9 Å². The predicted molar refractivity (Wildman–Crippen MR) is 152 cm³/mol. The fourth-order valence-corrected chi connectivity index (χ4v) is 6.35. The Balaban J connectivity index is 1.44. The Morgan fingerprint density at radius 1 is 1.23 bits per heavy atom. The number of hydrogen-bond acceptors (Lipinski definition) is 7. The fourth-order valence-electron chi connectivity index (χ4n) is 5.08. The molecular weight excluding hydrogens is 514 g/mol. The van der Waals surface area contributed by atoms with Crippen LogP contribution in [0.15, 0.2) is 62.6 Å². The van der Waals surface area contributed by atoms with E-state index in [0.717, 1.165) is 24.8 Å². The normalized spacial score (nSPS) is 15.4. The van der Waals surface area contributed by atoms with E-state index in [4.69, 9.17) is 13.8 Å². The van der Waals surface area contributed by atoms with Crippen molar-refractivity contribution in [3.63, 3.8) is 0 Å². The van der Waals surface area contributed by atoms with Crippen molar-refractivity contribution in [3.8, 4) is 11.3 Å². The molecule has 3 aromatic heterocycles. The Labute approximate surface area is 230 Å². The number of nitrogens with one attached hydrogen (secondary N) is 1. The number of carbonyl (C=O) groups excluding carboxylic acids is 1. The minimum absolute atomic E-state index is 0.0436. The van der Waals surface area contributed by atoms with Crippen molar-refractivity contribution in [2.45, 2.75) is 53.5 Å². The van der Waals surface area contributed by atoms with E-state index >= 15 is 0 Å². The van der Waals surface area contributed by atoms with E-state index in [1.165, 1.54) is 10.9 Å². The largest absolute Gasteiger partial charge is 0.467 e. The number of amides is 1. The van der Waals surface area contributed by atoms with Crippen molar-refractivity contribution < 1.29 is 18.6 Å². The molecule has 0 saturated carbocycles. The fraction of sp³-hybridized carbons (Fsp3) is 0.333. The summed E-state index contributed by atoms with van der Waals surface area (Å²) >= 11 is 1.56. The van der Waals surface area contributed by atoms with Gasteiger partial charge in [-0.05, 0) is 67.3 Å². The molecule has 0 bridgehead atoms. The Morgan fingerprint density at radius 2 is 2.05 bits per heavy atom. The molecule has 0 saturated heterocycles. The summed E-state index contributed by atoms with van der Waals surface area (Å²) < 4.78 is 11.4. The van der Waals surface area contributed by atoms with Crippen molar-refractivity contribution in [2.75, 3.05) is 0 Å². The van der Waals surface area contributed by atoms with Crippen LogP contribution in [0.5, 0.6) is 0 Å². The highest BCUT2D eigenvalue weighted by atomic mass is 32.1. The number of carbonyl (C=O) groups is 1. The van der Waals surface area contributed by atoms with Gasteiger partial charge >= 0.3 is 0 Å². The van der Waals surface area contributed by atoms with E-state index in [0.29, 0.717) is 51.4 Å². The molecule has 8 nitrogen and oxygen atoms in total. The van der Waals surface area contributed by atoms with Crippen LogP contribution in [-0.2, 0) is 19.4 Å². The topological polar surface area (TPSA) is 111 Å². The second-order valence-corrected chi connectivity index (χ2v) is 12.0. The van der Waals surface area contributed by atoms with Gasteiger partial charge in [0, 0.05) is 22.1 Å². The van der Waals surface area contributed by atoms with E-state index in [9.17, 15) is 14.9 Å². The molecule has 202 valence electrons. The van der Waals surface area contributed by atoms with Gasteiger partial charge in [0.05, 0.1) is 29.5 Å². The van der Waals surface area contributed by atoms with Crippen molar-refractivity contribution in [1.29, 1.82) is 0 Å². The lowest BCUT2D eigenvalue weighted by Gasteiger charge is -2.33. The molecule has 5 rings (SSSR count). The van der Waals surface area contributed by atoms with Crippen LogP contribution in [0.3, 0.4) is 0 Å². The summed E-state index contributed by atoms with van der Waals surface area (Å²) in [6.07, 6.45) is 5.98. The number of nitro groups is 1. The highest BCUT2D eigenvalue weighted by molar-refractivity contribution is 7.16. The highest BCUT2D eigenvalue weighted by Crippen LogP contribution is 2.45. The zero-order chi connectivity index (χ0) is 27.7. The molecule has 0 fully saturated rings. The Kier molecular flexibility index (Phi) is 7.27. The van der Waals surface area contributed by atoms with Crippen LogP contribution in [0.1, 0.15) is 65.1 Å². The molecule has 1 aromatic carbocycles. The first kappa shape index (κ1) is 26.6. The van der Waals surface area contributed by atoms with E-state index < -0.39 is 4.92 Å². The zero-order valence-electron chi connectivity index (χ0n) is 22.4. The Bertz CT molecular complexity index is 1540. The predicted octanol–water partition coefficient (Wildman–Crippen LogP) is 7.65. The molecule has 0 unspecified atom stereocenters. The first-order valence-electron chi connectivity index (χ1n) is 12.9. The number of hydrogen-bond donors (Lipinski definition) is 1. The van der Waals surface area contributed by atoms with Gasteiger partial charge < -0.3 is 14.2 Å². The van der Waals surface area contributed by atoms with Gasteiger partial charge in [-0.2, -0.15) is 0 Å². The van der Waals surface area contributed by atoms with E-state index in [1.54, 1.807) is 61.1 Å². The third-order valence-corrected chi connectivity index (χ3v) is 8.57. The summed E-state index contributed by atoms with van der Waals surface area (Å²) in [6, 6.07) is 12.1. The van der Waals surface area contributed by atoms with E-state index in [2.05, 4.69) is 26.1 Å². The molecule has 1 atom stereocenters. The van der Waals surface area contributed by atoms with Crippen molar-refractivity contribution in [2.24, 2.45) is 16.3 Å². The summed E-state index contributed by atoms with van der Waals surface area (Å²) in [5.41, 5.74) is 3.12. The number of fused-ring (bicyclic) bond motifs is 1. The van der Waals surface area contributed by atoms with Crippen LogP contribution < -0.4 is 5.32 Å². The second kappa shape index (κ2) is 10.6. The van der Waals surface area contributed by atoms with Crippen LogP contribution >= 0.6 is 11.3 Å². The van der Waals surface area contributed by atoms with Crippen LogP contribution in [0.25, 0.3) is 11.3 Å². The molecule has 0 aliphatic heterocycles. The van der Waals surface area contributed by atoms with Crippen LogP contribution in [0.4, 0.5) is 10.7 Å². The SMILES string of the molecule is Cc1c(-c2ccc(C=Nc3sc4c(c3C(=O)NCc3ccco3)CC[C@@H](C(C)(C)C)C4)o2)cccc1[N+](=O)[O-]. The molecule has 0 spiro atoms. The quantitative estimate of drug-likeness (QED) is 0.146. The maximum Gasteiger partial charge on any atom is 0.273 e. The van der Waals surface area contributed by atoms with Crippen LogP contribution in [-0.4, -0.2) is 17.0 Å². The summed E-state index contributed by atoms with van der Waals surface area (Å²) in [5.74, 6) is 2.07. The Hall–Kier alpha value is -3.98. The van der Waals surface area contributed by atoms with Gasteiger partial charge in [0.25, 0.3) is 11.6 Å². The third kappa shape index (κ3) is 5.59. The lowest BCUT2D eigenvalue weighted by atomic mass is 9.72. The molecule has 1 amide bonds. The monoisotopic (exact) mass is 545 g/mol. The minimum atomic E-state index is -0.397. The molecule has 1 N–H and O–H groups in total. The number of rotatable bonds is 7. The molecule has 4 aromatic rings. The van der Waals surface area contributed by atoms with Crippen LogP contribution in [0.2, 0.25) is 0 Å². The van der Waals surface area contributed by atoms with Gasteiger partial charge in [-0.25, -0.2) is 4.99 Å². The molecular formula is C30H31N3O5S. The standard InChI is InChI=1S/C30H31N3O5S/c1-18-22(8-5-9-24(18)33(35)36)25-13-11-21(38-25)17-32-29-27(28(34)31-16-20-7-6-14-37-20)23-12-10-19(30(2,3)4)15-26(23)39-29/h5-9,11,13-14,17,19H,10,12,15-16H2,1-4H3,(H,31,34)/t19-/m1/s1. The molecule has 3 heterocycles. The van der Waals surface area contributed by atoms with Gasteiger partial charge in [-0.1, -0.05) is 32.9 Å². The van der Waals surface area contributed by atoms with Crippen molar-refractivity contribution in [1.82, 2.24) is 5.32 Å². The molecule has 0 radical (unpaired) electrons. The maximum atomic E-state index is 13.4. The smallest absolute Gasteiger partial charge is 0.273 e. The average molecular weight is 546 g/mol. The number of aliphatic imine (C=N–C) groups is 1. The molecule has 1 aliphatic rings.